The number of hydrogen-bond acceptors (Lipinski definition) is 6. The van der Waals surface area contributed by atoms with Crippen LogP contribution in [0.1, 0.15) is 40.0 Å². The number of aromatic carboxylic acids is 1. The Bertz CT molecular complexity index is 1580. The van der Waals surface area contributed by atoms with Crippen molar-refractivity contribution in [1.29, 1.82) is 0 Å². The van der Waals surface area contributed by atoms with Gasteiger partial charge in [-0.3, -0.25) is 9.20 Å². The molecule has 4 aromatic rings. The molecule has 5 rings (SSSR count). The Hall–Kier alpha value is -4.04. The van der Waals surface area contributed by atoms with Crippen molar-refractivity contribution in [1.82, 2.24) is 9.38 Å². The van der Waals surface area contributed by atoms with Crippen molar-refractivity contribution in [3.05, 3.63) is 98.4 Å². The predicted molar refractivity (Wildman–Crippen MR) is 152 cm³/mol. The highest BCUT2D eigenvalue weighted by atomic mass is 35.5. The van der Waals surface area contributed by atoms with Crippen LogP contribution in [0, 0.1) is 13.8 Å². The highest BCUT2D eigenvalue weighted by Gasteiger charge is 2.24. The van der Waals surface area contributed by atoms with Crippen molar-refractivity contribution < 1.29 is 9.90 Å². The second kappa shape index (κ2) is 10.4. The lowest BCUT2D eigenvalue weighted by Crippen LogP contribution is -2.47. The molecule has 0 spiro atoms. The van der Waals surface area contributed by atoms with E-state index < -0.39 is 5.97 Å². The van der Waals surface area contributed by atoms with E-state index in [-0.39, 0.29) is 17.2 Å². The van der Waals surface area contributed by atoms with Crippen LogP contribution in [0.5, 0.6) is 0 Å². The van der Waals surface area contributed by atoms with Gasteiger partial charge < -0.3 is 20.2 Å². The van der Waals surface area contributed by atoms with Gasteiger partial charge in [-0.1, -0.05) is 35.9 Å². The number of aromatic nitrogens is 2. The molecule has 1 fully saturated rings. The minimum atomic E-state index is -1.00. The zero-order valence-corrected chi connectivity index (χ0v) is 22.4. The van der Waals surface area contributed by atoms with Crippen LogP contribution in [0.4, 0.5) is 17.2 Å². The topological polar surface area (TPSA) is 90.2 Å². The van der Waals surface area contributed by atoms with E-state index in [2.05, 4.69) is 15.1 Å². The maximum Gasteiger partial charge on any atom is 0.337 e. The number of pyridine rings is 1. The molecule has 0 saturated carbocycles. The quantitative estimate of drug-likeness (QED) is 0.355. The number of carboxylic acids is 1. The Kier molecular flexibility index (Phi) is 6.99. The number of benzene rings is 2. The number of fused-ring (bicyclic) bond motifs is 1. The average Bonchev–Trinajstić information content (AvgIpc) is 2.91. The van der Waals surface area contributed by atoms with Crippen molar-refractivity contribution in [3.63, 3.8) is 0 Å². The van der Waals surface area contributed by atoms with Crippen LogP contribution in [-0.2, 0) is 0 Å². The minimum Gasteiger partial charge on any atom is -0.478 e. The lowest BCUT2D eigenvalue weighted by Gasteiger charge is -2.37. The fourth-order valence-corrected chi connectivity index (χ4v) is 5.34. The van der Waals surface area contributed by atoms with Gasteiger partial charge in [-0.2, -0.15) is 0 Å². The van der Waals surface area contributed by atoms with Crippen LogP contribution in [-0.4, -0.2) is 46.6 Å². The summed E-state index contributed by atoms with van der Waals surface area (Å²) in [6, 6.07) is 16.3. The molecule has 1 atom stereocenters. The molecular formula is C29H30ClN5O3. The van der Waals surface area contributed by atoms with Crippen molar-refractivity contribution >= 4 is 40.4 Å². The zero-order chi connectivity index (χ0) is 27.0. The van der Waals surface area contributed by atoms with Gasteiger partial charge in [0.15, 0.2) is 0 Å². The van der Waals surface area contributed by atoms with E-state index in [1.165, 1.54) is 0 Å². The van der Waals surface area contributed by atoms with Crippen molar-refractivity contribution in [3.8, 4) is 0 Å². The van der Waals surface area contributed by atoms with Gasteiger partial charge in [0.25, 0.3) is 5.56 Å². The third kappa shape index (κ3) is 4.79. The summed E-state index contributed by atoms with van der Waals surface area (Å²) >= 11 is 6.42. The monoisotopic (exact) mass is 531 g/mol. The largest absolute Gasteiger partial charge is 0.478 e. The molecule has 0 amide bonds. The summed E-state index contributed by atoms with van der Waals surface area (Å²) < 4.78 is 1.60. The number of carboxylic acid groups (broad SMARTS) is 1. The number of rotatable bonds is 6. The van der Waals surface area contributed by atoms with E-state index in [1.807, 2.05) is 51.1 Å². The van der Waals surface area contributed by atoms with Gasteiger partial charge in [0.1, 0.15) is 11.5 Å². The summed E-state index contributed by atoms with van der Waals surface area (Å²) in [7, 11) is 0. The lowest BCUT2D eigenvalue weighted by molar-refractivity contribution is 0.0698. The van der Waals surface area contributed by atoms with Gasteiger partial charge in [-0.25, -0.2) is 9.78 Å². The highest BCUT2D eigenvalue weighted by molar-refractivity contribution is 6.33. The Morgan fingerprint density at radius 3 is 2.39 bits per heavy atom. The second-order valence-electron chi connectivity index (χ2n) is 9.67. The van der Waals surface area contributed by atoms with E-state index in [4.69, 9.17) is 16.6 Å². The molecule has 0 bridgehead atoms. The molecule has 38 heavy (non-hydrogen) atoms. The summed E-state index contributed by atoms with van der Waals surface area (Å²) in [5.74, 6) is -0.324. The molecule has 0 unspecified atom stereocenters. The van der Waals surface area contributed by atoms with Gasteiger partial charge in [0.2, 0.25) is 0 Å². The molecule has 3 heterocycles. The molecule has 2 aromatic carbocycles. The lowest BCUT2D eigenvalue weighted by atomic mass is 10.1. The molecule has 9 heteroatoms. The van der Waals surface area contributed by atoms with Crippen LogP contribution >= 0.6 is 11.6 Å². The van der Waals surface area contributed by atoms with Crippen LogP contribution in [0.2, 0.25) is 5.02 Å². The van der Waals surface area contributed by atoms with Gasteiger partial charge in [-0.05, 0) is 56.7 Å². The number of nitrogens with zero attached hydrogens (tertiary/aromatic N) is 4. The van der Waals surface area contributed by atoms with E-state index >= 15 is 0 Å². The van der Waals surface area contributed by atoms with Gasteiger partial charge in [0.05, 0.1) is 27.9 Å². The van der Waals surface area contributed by atoms with Crippen molar-refractivity contribution in [2.24, 2.45) is 0 Å². The average molecular weight is 532 g/mol. The van der Waals surface area contributed by atoms with Crippen LogP contribution in [0.25, 0.3) is 5.65 Å². The molecule has 1 aliphatic rings. The molecule has 1 saturated heterocycles. The Balaban J connectivity index is 1.50. The number of carbonyl (C=O) groups is 1. The summed E-state index contributed by atoms with van der Waals surface area (Å²) in [5, 5.41) is 13.7. The van der Waals surface area contributed by atoms with Crippen LogP contribution in [0.3, 0.4) is 0 Å². The predicted octanol–water partition coefficient (Wildman–Crippen LogP) is 5.16. The molecule has 196 valence electrons. The third-order valence-electron chi connectivity index (χ3n) is 7.06. The number of piperazine rings is 1. The molecule has 0 aliphatic carbocycles. The summed E-state index contributed by atoms with van der Waals surface area (Å²) in [6.07, 6.45) is 1.80. The molecule has 8 nitrogen and oxygen atoms in total. The van der Waals surface area contributed by atoms with Crippen molar-refractivity contribution in [2.75, 3.05) is 41.3 Å². The van der Waals surface area contributed by atoms with E-state index in [0.29, 0.717) is 35.8 Å². The zero-order valence-electron chi connectivity index (χ0n) is 21.6. The van der Waals surface area contributed by atoms with Crippen molar-refractivity contribution in [2.45, 2.75) is 26.8 Å². The molecule has 0 radical (unpaired) electrons. The van der Waals surface area contributed by atoms with Crippen LogP contribution < -0.4 is 20.7 Å². The second-order valence-corrected chi connectivity index (χ2v) is 10.1. The molecular weight excluding hydrogens is 502 g/mol. The fourth-order valence-electron chi connectivity index (χ4n) is 5.09. The number of anilines is 3. The van der Waals surface area contributed by atoms with E-state index in [9.17, 15) is 14.7 Å². The first-order valence-corrected chi connectivity index (χ1v) is 13.0. The smallest absolute Gasteiger partial charge is 0.337 e. The summed E-state index contributed by atoms with van der Waals surface area (Å²) in [6.45, 7) is 8.63. The third-order valence-corrected chi connectivity index (χ3v) is 7.38. The first-order chi connectivity index (χ1) is 18.2. The summed E-state index contributed by atoms with van der Waals surface area (Å²) in [5.41, 5.74) is 4.49. The standard InChI is InChI=1S/C29H30ClN5O3/c1-18-16-22(20(3)31-24-10-6-4-8-21(24)29(37)38)27-32-26(19(2)28(36)35(27)17-18)34-14-12-33(13-15-34)25-11-7-5-9-23(25)30/h4-11,16-17,20,31H,12-15H2,1-3H3,(H,37,38)/t20-/m1/s1. The van der Waals surface area contributed by atoms with Gasteiger partial charge >= 0.3 is 5.97 Å². The number of aryl methyl sites for hydroxylation is 1. The Labute approximate surface area is 226 Å². The molecule has 2 aromatic heterocycles. The van der Waals surface area contributed by atoms with Crippen LogP contribution in [0.15, 0.2) is 65.6 Å². The number of para-hydroxylation sites is 2. The highest BCUT2D eigenvalue weighted by Crippen LogP contribution is 2.29. The SMILES string of the molecule is Cc1cc([C@@H](C)Nc2ccccc2C(=O)O)c2nc(N3CCN(c4ccccc4Cl)CC3)c(C)c(=O)n2c1. The van der Waals surface area contributed by atoms with E-state index in [0.717, 1.165) is 34.9 Å². The molecule has 2 N–H and O–H groups in total. The first kappa shape index (κ1) is 25.6. The maximum atomic E-state index is 13.5. The number of hydrogen-bond donors (Lipinski definition) is 2. The van der Waals surface area contributed by atoms with Gasteiger partial charge in [0, 0.05) is 43.6 Å². The Morgan fingerprint density at radius 1 is 1.03 bits per heavy atom. The first-order valence-electron chi connectivity index (χ1n) is 12.6. The summed E-state index contributed by atoms with van der Waals surface area (Å²) in [4.78, 5) is 34.7. The van der Waals surface area contributed by atoms with E-state index in [1.54, 1.807) is 34.9 Å². The number of halogens is 1. The Morgan fingerprint density at radius 2 is 1.68 bits per heavy atom. The normalized spacial score (nSPS) is 14.5. The fraction of sp³-hybridized carbons (Fsp3) is 0.276. The number of nitrogens with one attached hydrogen (secondary N) is 1. The maximum absolute atomic E-state index is 13.5. The molecule has 1 aliphatic heterocycles. The van der Waals surface area contributed by atoms with Gasteiger partial charge in [-0.15, -0.1) is 0 Å². The minimum absolute atomic E-state index is 0.110.